The molecule has 1 aliphatic carbocycles. The van der Waals surface area contributed by atoms with E-state index in [9.17, 15) is 27.6 Å². The Kier molecular flexibility index (Phi) is 10.3. The fourth-order valence-electron chi connectivity index (χ4n) is 6.36. The van der Waals surface area contributed by atoms with E-state index in [1.807, 2.05) is 49.4 Å². The molecule has 1 saturated carbocycles. The van der Waals surface area contributed by atoms with Crippen molar-refractivity contribution < 1.29 is 47.3 Å². The molecule has 0 spiro atoms. The van der Waals surface area contributed by atoms with Gasteiger partial charge in [-0.1, -0.05) is 68.7 Å². The number of hydrogen-bond acceptors (Lipinski definition) is 7. The van der Waals surface area contributed by atoms with Gasteiger partial charge in [0.2, 0.25) is 11.8 Å². The predicted molar refractivity (Wildman–Crippen MR) is 172 cm³/mol. The molecule has 11 nitrogen and oxygen atoms in total. The number of aryl methyl sites for hydroxylation is 2. The van der Waals surface area contributed by atoms with Gasteiger partial charge in [0.25, 0.3) is 0 Å². The normalized spacial score (nSPS) is 17.4. The lowest BCUT2D eigenvalue weighted by Gasteiger charge is -2.19. The van der Waals surface area contributed by atoms with E-state index in [-0.39, 0.29) is 29.4 Å². The molecular weight excluding hydrogens is 645 g/mol. The van der Waals surface area contributed by atoms with Crippen molar-refractivity contribution >= 4 is 40.8 Å². The maximum absolute atomic E-state index is 13.4. The summed E-state index contributed by atoms with van der Waals surface area (Å²) in [6, 6.07) is 16.8. The van der Waals surface area contributed by atoms with Crippen molar-refractivity contribution in [2.75, 3.05) is 4.90 Å². The van der Waals surface area contributed by atoms with Crippen molar-refractivity contribution in [3.8, 4) is 16.9 Å². The first kappa shape index (κ1) is 35.0. The maximum Gasteiger partial charge on any atom is 0.511 e. The number of alkyl halides is 3. The van der Waals surface area contributed by atoms with Crippen molar-refractivity contribution in [3.63, 3.8) is 0 Å². The molecule has 6 rings (SSSR count). The van der Waals surface area contributed by atoms with Crippen LogP contribution in [-0.4, -0.2) is 54.9 Å². The summed E-state index contributed by atoms with van der Waals surface area (Å²) in [7, 11) is 0. The monoisotopic (exact) mass is 680 g/mol. The minimum absolute atomic E-state index is 0.103. The predicted octanol–water partition coefficient (Wildman–Crippen LogP) is 7.17. The number of imidazole rings is 1. The number of benzene rings is 2. The maximum atomic E-state index is 13.4. The smallest absolute Gasteiger partial charge is 0.475 e. The van der Waals surface area contributed by atoms with Gasteiger partial charge in [-0.2, -0.15) is 13.2 Å². The number of carbonyl (C=O) groups excluding carboxylic acids is 2. The van der Waals surface area contributed by atoms with E-state index in [2.05, 4.69) is 11.5 Å². The van der Waals surface area contributed by atoms with Gasteiger partial charge < -0.3 is 19.5 Å². The number of aromatic nitrogens is 3. The number of carboxylic acid groups (broad SMARTS) is 2. The molecular formula is C35H35F3N4O7. The van der Waals surface area contributed by atoms with Crippen LogP contribution in [-0.2, 0) is 27.3 Å². The van der Waals surface area contributed by atoms with Gasteiger partial charge in [0.05, 0.1) is 28.7 Å². The quantitative estimate of drug-likeness (QED) is 0.112. The molecule has 2 fully saturated rings. The summed E-state index contributed by atoms with van der Waals surface area (Å²) in [5.74, 6) is -2.23. The minimum Gasteiger partial charge on any atom is -0.475 e. The molecule has 49 heavy (non-hydrogen) atoms. The van der Waals surface area contributed by atoms with Crippen LogP contribution in [0.15, 0.2) is 54.6 Å². The first-order valence-corrected chi connectivity index (χ1v) is 15.9. The zero-order valence-corrected chi connectivity index (χ0v) is 26.9. The van der Waals surface area contributed by atoms with Gasteiger partial charge in [-0.05, 0) is 49.4 Å². The summed E-state index contributed by atoms with van der Waals surface area (Å²) in [5.41, 5.74) is 5.13. The van der Waals surface area contributed by atoms with Gasteiger partial charge in [0.15, 0.2) is 5.65 Å². The SMILES string of the molecule is CCCCc1nc2nc(C)c(N3C(=O)[C@H]4CCCC[C@H]4C3=O)cc2n1Cc1ccc(-c2ccccc2OC(=O)O)cc1.O=C(O)C(F)(F)F. The van der Waals surface area contributed by atoms with E-state index >= 15 is 0 Å². The van der Waals surface area contributed by atoms with E-state index in [0.29, 0.717) is 29.1 Å². The van der Waals surface area contributed by atoms with Crippen LogP contribution >= 0.6 is 0 Å². The lowest BCUT2D eigenvalue weighted by atomic mass is 9.81. The number of anilines is 1. The molecule has 2 aliphatic rings. The molecule has 258 valence electrons. The number of nitrogens with zero attached hydrogens (tertiary/aromatic N) is 4. The average Bonchev–Trinajstić information content (AvgIpc) is 3.52. The zero-order valence-electron chi connectivity index (χ0n) is 26.9. The summed E-state index contributed by atoms with van der Waals surface area (Å²) in [5, 5.41) is 16.2. The fourth-order valence-corrected chi connectivity index (χ4v) is 6.36. The highest BCUT2D eigenvalue weighted by atomic mass is 19.4. The first-order valence-electron chi connectivity index (χ1n) is 15.9. The number of halogens is 3. The topological polar surface area (TPSA) is 152 Å². The number of pyridine rings is 1. The first-order chi connectivity index (χ1) is 23.3. The molecule has 2 amide bonds. The van der Waals surface area contributed by atoms with E-state index in [1.165, 1.54) is 4.90 Å². The third-order valence-corrected chi connectivity index (χ3v) is 8.75. The van der Waals surface area contributed by atoms with Crippen LogP contribution < -0.4 is 9.64 Å². The Hall–Kier alpha value is -5.27. The number of amides is 2. The van der Waals surface area contributed by atoms with Crippen molar-refractivity contribution in [2.45, 2.75) is 71.5 Å². The van der Waals surface area contributed by atoms with Crippen LogP contribution in [0.5, 0.6) is 5.75 Å². The van der Waals surface area contributed by atoms with Gasteiger partial charge in [0.1, 0.15) is 11.6 Å². The highest BCUT2D eigenvalue weighted by Gasteiger charge is 2.49. The number of carbonyl (C=O) groups is 4. The Balaban J connectivity index is 0.000000606. The average molecular weight is 681 g/mol. The molecule has 0 bridgehead atoms. The van der Waals surface area contributed by atoms with Crippen molar-refractivity contribution in [1.29, 1.82) is 0 Å². The molecule has 0 unspecified atom stereocenters. The van der Waals surface area contributed by atoms with Crippen LogP contribution in [0.3, 0.4) is 0 Å². The van der Waals surface area contributed by atoms with Crippen molar-refractivity contribution in [3.05, 3.63) is 71.7 Å². The van der Waals surface area contributed by atoms with Crippen LogP contribution in [0.1, 0.15) is 62.5 Å². The minimum atomic E-state index is -5.08. The Morgan fingerprint density at radius 2 is 1.57 bits per heavy atom. The number of para-hydroxylation sites is 1. The van der Waals surface area contributed by atoms with Gasteiger partial charge >= 0.3 is 18.3 Å². The summed E-state index contributed by atoms with van der Waals surface area (Å²) in [6.07, 6.45) is -0.169. The summed E-state index contributed by atoms with van der Waals surface area (Å²) >= 11 is 0. The van der Waals surface area contributed by atoms with Crippen molar-refractivity contribution in [2.24, 2.45) is 11.8 Å². The number of unbranched alkanes of at least 4 members (excludes halogenated alkanes) is 1. The Bertz CT molecular complexity index is 1860. The standard InChI is InChI=1S/C33H34N4O5.C2HF3O2/c1-3-4-13-29-35-30-27(18-26(20(2)34-30)37-31(38)24-10-5-6-11-25(24)32(37)39)36(29)19-21-14-16-22(17-15-21)23-9-7-8-12-28(23)42-33(40)41;3-2(4,5)1(6)7/h7-9,12,14-18,24-25H,3-6,10-11,13,19H2,1-2H3,(H,40,41);(H,6,7)/t24-,25+;. The number of aliphatic carboxylic acids is 1. The molecule has 4 aromatic rings. The molecule has 14 heteroatoms. The molecule has 0 radical (unpaired) electrons. The number of hydrogen-bond donors (Lipinski definition) is 2. The lowest BCUT2D eigenvalue weighted by molar-refractivity contribution is -0.192. The van der Waals surface area contributed by atoms with E-state index in [0.717, 1.165) is 67.4 Å². The third-order valence-electron chi connectivity index (χ3n) is 8.75. The summed E-state index contributed by atoms with van der Waals surface area (Å²) in [6.45, 7) is 4.51. The Labute approximate surface area is 279 Å². The van der Waals surface area contributed by atoms with Crippen LogP contribution in [0, 0.1) is 18.8 Å². The van der Waals surface area contributed by atoms with Gasteiger partial charge in [-0.25, -0.2) is 24.5 Å². The molecule has 2 atom stereocenters. The molecule has 1 aliphatic heterocycles. The Morgan fingerprint density at radius 3 is 2.14 bits per heavy atom. The molecule has 2 aromatic carbocycles. The molecule has 2 aromatic heterocycles. The number of carboxylic acids is 1. The largest absolute Gasteiger partial charge is 0.511 e. The number of imide groups is 1. The van der Waals surface area contributed by atoms with E-state index < -0.39 is 18.3 Å². The summed E-state index contributed by atoms with van der Waals surface area (Å²) in [4.78, 5) is 57.9. The highest BCUT2D eigenvalue weighted by molar-refractivity contribution is 6.22. The second-order valence-corrected chi connectivity index (χ2v) is 12.0. The summed E-state index contributed by atoms with van der Waals surface area (Å²) < 4.78 is 38.8. The van der Waals surface area contributed by atoms with E-state index in [4.69, 9.17) is 29.7 Å². The Morgan fingerprint density at radius 1 is 0.959 bits per heavy atom. The second kappa shape index (κ2) is 14.5. The lowest BCUT2D eigenvalue weighted by Crippen LogP contribution is -2.31. The molecule has 3 heterocycles. The zero-order chi connectivity index (χ0) is 35.5. The fraction of sp³-hybridized carbons (Fsp3) is 0.371. The van der Waals surface area contributed by atoms with Gasteiger partial charge in [-0.3, -0.25) is 9.59 Å². The van der Waals surface area contributed by atoms with Gasteiger partial charge in [0, 0.05) is 18.5 Å². The van der Waals surface area contributed by atoms with Crippen molar-refractivity contribution in [1.82, 2.24) is 14.5 Å². The van der Waals surface area contributed by atoms with E-state index in [1.54, 1.807) is 12.1 Å². The highest BCUT2D eigenvalue weighted by Crippen LogP contribution is 2.41. The molecule has 2 N–H and O–H groups in total. The number of ether oxygens (including phenoxy) is 1. The van der Waals surface area contributed by atoms with Gasteiger partial charge in [-0.15, -0.1) is 0 Å². The van der Waals surface area contributed by atoms with Crippen LogP contribution in [0.4, 0.5) is 23.7 Å². The third kappa shape index (κ3) is 7.58. The number of rotatable bonds is 8. The molecule has 1 saturated heterocycles. The van der Waals surface area contributed by atoms with Crippen LogP contribution in [0.25, 0.3) is 22.3 Å². The number of fused-ring (bicyclic) bond motifs is 2. The second-order valence-electron chi connectivity index (χ2n) is 12.0. The van der Waals surface area contributed by atoms with Crippen LogP contribution in [0.2, 0.25) is 0 Å².